The van der Waals surface area contributed by atoms with Gasteiger partial charge in [-0.15, -0.1) is 11.3 Å². The molecule has 0 aliphatic rings. The third-order valence-corrected chi connectivity index (χ3v) is 5.30. The Bertz CT molecular complexity index is 1020. The molecule has 0 saturated heterocycles. The topological polar surface area (TPSA) is 80.3 Å². The van der Waals surface area contributed by atoms with E-state index in [-0.39, 0.29) is 16.8 Å². The highest BCUT2D eigenvalue weighted by atomic mass is 35.5. The quantitative estimate of drug-likeness (QED) is 0.545. The highest BCUT2D eigenvalue weighted by molar-refractivity contribution is 7.13. The lowest BCUT2D eigenvalue weighted by Gasteiger charge is -2.09. The average Bonchev–Trinajstić information content (AvgIpc) is 3.19. The molecular formula is C21H20ClN3O3S. The van der Waals surface area contributed by atoms with Gasteiger partial charge < -0.3 is 15.4 Å². The van der Waals surface area contributed by atoms with Crippen LogP contribution in [-0.2, 0) is 4.74 Å². The summed E-state index contributed by atoms with van der Waals surface area (Å²) in [4.78, 5) is 29.0. The fourth-order valence-corrected chi connectivity index (χ4v) is 3.61. The van der Waals surface area contributed by atoms with Gasteiger partial charge in [-0.3, -0.25) is 9.59 Å². The van der Waals surface area contributed by atoms with Crippen LogP contribution in [0.2, 0.25) is 5.02 Å². The van der Waals surface area contributed by atoms with E-state index < -0.39 is 0 Å². The molecule has 0 unspecified atom stereocenters. The smallest absolute Gasteiger partial charge is 0.275 e. The first-order valence-corrected chi connectivity index (χ1v) is 10.1. The van der Waals surface area contributed by atoms with Gasteiger partial charge in [-0.2, -0.15) is 0 Å². The Hall–Kier alpha value is -2.74. The van der Waals surface area contributed by atoms with E-state index in [1.807, 2.05) is 31.2 Å². The van der Waals surface area contributed by atoms with Gasteiger partial charge in [0.05, 0.1) is 17.2 Å². The van der Waals surface area contributed by atoms with Crippen LogP contribution in [-0.4, -0.2) is 37.1 Å². The van der Waals surface area contributed by atoms with Gasteiger partial charge in [0.2, 0.25) is 0 Å². The highest BCUT2D eigenvalue weighted by Gasteiger charge is 2.15. The van der Waals surface area contributed by atoms with Crippen LogP contribution in [0.4, 0.5) is 5.69 Å². The Kier molecular flexibility index (Phi) is 6.98. The highest BCUT2D eigenvalue weighted by Crippen LogP contribution is 2.25. The third kappa shape index (κ3) is 5.41. The van der Waals surface area contributed by atoms with Crippen LogP contribution in [0, 0.1) is 6.92 Å². The summed E-state index contributed by atoms with van der Waals surface area (Å²) >= 11 is 7.61. The summed E-state index contributed by atoms with van der Waals surface area (Å²) in [6.45, 7) is 2.82. The van der Waals surface area contributed by atoms with Gasteiger partial charge in [0.25, 0.3) is 11.8 Å². The molecule has 0 bridgehead atoms. The molecule has 3 rings (SSSR count). The zero-order chi connectivity index (χ0) is 20.8. The number of aromatic nitrogens is 1. The summed E-state index contributed by atoms with van der Waals surface area (Å²) in [7, 11) is 1.56. The van der Waals surface area contributed by atoms with Gasteiger partial charge in [-0.1, -0.05) is 41.4 Å². The molecule has 0 aliphatic carbocycles. The van der Waals surface area contributed by atoms with E-state index >= 15 is 0 Å². The standard InChI is InChI=1S/C21H20ClN3O3S/c1-13-3-5-14(6-4-13)21-25-18(12-29-21)20(27)24-15-7-8-16(17(22)11-15)19(26)23-9-10-28-2/h3-8,11-12H,9-10H2,1-2H3,(H,23,26)(H,24,27). The third-order valence-electron chi connectivity index (χ3n) is 4.10. The molecule has 2 N–H and O–H groups in total. The van der Waals surface area contributed by atoms with Crippen molar-refractivity contribution in [2.24, 2.45) is 0 Å². The SMILES string of the molecule is COCCNC(=O)c1ccc(NC(=O)c2csc(-c3ccc(C)cc3)n2)cc1Cl. The van der Waals surface area contributed by atoms with E-state index in [2.05, 4.69) is 15.6 Å². The zero-order valence-electron chi connectivity index (χ0n) is 16.0. The number of anilines is 1. The number of carbonyl (C=O) groups is 2. The number of amides is 2. The molecule has 29 heavy (non-hydrogen) atoms. The minimum Gasteiger partial charge on any atom is -0.383 e. The number of thiazole rings is 1. The minimum atomic E-state index is -0.340. The van der Waals surface area contributed by atoms with Crippen molar-refractivity contribution in [3.8, 4) is 10.6 Å². The summed E-state index contributed by atoms with van der Waals surface area (Å²) in [6, 6.07) is 12.7. The van der Waals surface area contributed by atoms with Crippen molar-refractivity contribution in [3.05, 3.63) is 69.7 Å². The zero-order valence-corrected chi connectivity index (χ0v) is 17.6. The van der Waals surface area contributed by atoms with E-state index in [0.29, 0.717) is 30.1 Å². The van der Waals surface area contributed by atoms with Gasteiger partial charge in [-0.05, 0) is 25.1 Å². The molecule has 150 valence electrons. The molecule has 0 atom stereocenters. The second kappa shape index (κ2) is 9.65. The maximum Gasteiger partial charge on any atom is 0.275 e. The molecule has 0 fully saturated rings. The summed E-state index contributed by atoms with van der Waals surface area (Å²) in [5.74, 6) is -0.639. The lowest BCUT2D eigenvalue weighted by Crippen LogP contribution is -2.27. The molecule has 0 saturated carbocycles. The van der Waals surface area contributed by atoms with Crippen LogP contribution in [0.15, 0.2) is 47.8 Å². The van der Waals surface area contributed by atoms with E-state index in [0.717, 1.165) is 16.1 Å². The first kappa shape index (κ1) is 21.0. The van der Waals surface area contributed by atoms with E-state index in [1.54, 1.807) is 24.6 Å². The number of aryl methyl sites for hydroxylation is 1. The first-order valence-electron chi connectivity index (χ1n) is 8.88. The van der Waals surface area contributed by atoms with Crippen LogP contribution < -0.4 is 10.6 Å². The molecule has 6 nitrogen and oxygen atoms in total. The predicted molar refractivity (Wildman–Crippen MR) is 116 cm³/mol. The first-order chi connectivity index (χ1) is 14.0. The summed E-state index contributed by atoms with van der Waals surface area (Å²) < 4.78 is 4.90. The van der Waals surface area contributed by atoms with E-state index in [1.165, 1.54) is 17.4 Å². The largest absolute Gasteiger partial charge is 0.383 e. The summed E-state index contributed by atoms with van der Waals surface area (Å²) in [5, 5.41) is 8.20. The number of rotatable bonds is 7. The second-order valence-electron chi connectivity index (χ2n) is 6.30. The van der Waals surface area contributed by atoms with E-state index in [4.69, 9.17) is 16.3 Å². The average molecular weight is 430 g/mol. The molecule has 1 aromatic heterocycles. The molecule has 1 heterocycles. The molecule has 0 spiro atoms. The molecule has 8 heteroatoms. The number of nitrogens with zero attached hydrogens (tertiary/aromatic N) is 1. The molecule has 2 amide bonds. The van der Waals surface area contributed by atoms with Crippen molar-refractivity contribution in [2.45, 2.75) is 6.92 Å². The maximum absolute atomic E-state index is 12.5. The molecule has 3 aromatic rings. The number of methoxy groups -OCH3 is 1. The van der Waals surface area contributed by atoms with E-state index in [9.17, 15) is 9.59 Å². The van der Waals surface area contributed by atoms with Crippen molar-refractivity contribution in [3.63, 3.8) is 0 Å². The Morgan fingerprint density at radius 1 is 1.14 bits per heavy atom. The van der Waals surface area contributed by atoms with Gasteiger partial charge in [0, 0.05) is 30.3 Å². The Balaban J connectivity index is 1.67. The van der Waals surface area contributed by atoms with Gasteiger partial charge in [-0.25, -0.2) is 4.98 Å². The minimum absolute atomic E-state index is 0.247. The summed E-state index contributed by atoms with van der Waals surface area (Å²) in [5.41, 5.74) is 3.26. The Morgan fingerprint density at radius 2 is 1.90 bits per heavy atom. The van der Waals surface area contributed by atoms with Crippen LogP contribution in [0.5, 0.6) is 0 Å². The monoisotopic (exact) mass is 429 g/mol. The van der Waals surface area contributed by atoms with Gasteiger partial charge in [0.1, 0.15) is 10.7 Å². The van der Waals surface area contributed by atoms with Crippen LogP contribution in [0.25, 0.3) is 10.6 Å². The number of carbonyl (C=O) groups excluding carboxylic acids is 2. The fraction of sp³-hybridized carbons (Fsp3) is 0.190. The van der Waals surface area contributed by atoms with Crippen LogP contribution in [0.3, 0.4) is 0 Å². The lowest BCUT2D eigenvalue weighted by molar-refractivity contribution is 0.0936. The lowest BCUT2D eigenvalue weighted by atomic mass is 10.2. The summed E-state index contributed by atoms with van der Waals surface area (Å²) in [6.07, 6.45) is 0. The Labute approximate surface area is 177 Å². The maximum atomic E-state index is 12.5. The number of benzene rings is 2. The molecule has 0 aliphatic heterocycles. The molecule has 0 radical (unpaired) electrons. The van der Waals surface area contributed by atoms with Gasteiger partial charge >= 0.3 is 0 Å². The fourth-order valence-electron chi connectivity index (χ4n) is 2.54. The number of hydrogen-bond acceptors (Lipinski definition) is 5. The van der Waals surface area contributed by atoms with Crippen LogP contribution in [0.1, 0.15) is 26.4 Å². The molecular weight excluding hydrogens is 410 g/mol. The predicted octanol–water partition coefficient (Wildman–Crippen LogP) is 4.40. The van der Waals surface area contributed by atoms with Crippen molar-refractivity contribution >= 4 is 40.4 Å². The van der Waals surface area contributed by atoms with Crippen molar-refractivity contribution < 1.29 is 14.3 Å². The van der Waals surface area contributed by atoms with Crippen molar-refractivity contribution in [1.82, 2.24) is 10.3 Å². The number of ether oxygens (including phenoxy) is 1. The van der Waals surface area contributed by atoms with Gasteiger partial charge in [0.15, 0.2) is 0 Å². The Morgan fingerprint density at radius 3 is 2.59 bits per heavy atom. The van der Waals surface area contributed by atoms with Crippen molar-refractivity contribution in [2.75, 3.05) is 25.6 Å². The second-order valence-corrected chi connectivity index (χ2v) is 7.57. The number of hydrogen-bond donors (Lipinski definition) is 2. The molecule has 2 aromatic carbocycles. The van der Waals surface area contributed by atoms with Crippen molar-refractivity contribution in [1.29, 1.82) is 0 Å². The normalized spacial score (nSPS) is 10.6. The van der Waals surface area contributed by atoms with Crippen LogP contribution >= 0.6 is 22.9 Å². The number of nitrogens with one attached hydrogen (secondary N) is 2. The number of halogens is 1.